The standard InChI is InChI=1S/C19H31N3O2.2ClH.2H2S/c1-19(2,3)21-18(24)16-10-7-11-22(16)13-17(23)15(20)12-14-8-5-4-6-9-14;;;;/h4-6,8-9,15-17,23H,7,10-13,20H2,1-3H3,(H,21,24);2*1H;2*1H2/t15-,16+,17+;;;;/m1..../s1. The quantitative estimate of drug-likeness (QED) is 0.592. The van der Waals surface area contributed by atoms with E-state index in [1.54, 1.807) is 0 Å². The number of rotatable bonds is 6. The van der Waals surface area contributed by atoms with Crippen LogP contribution in [0.25, 0.3) is 0 Å². The lowest BCUT2D eigenvalue weighted by Crippen LogP contribution is -2.53. The predicted molar refractivity (Wildman–Crippen MR) is 132 cm³/mol. The smallest absolute Gasteiger partial charge is 0.237 e. The van der Waals surface area contributed by atoms with Gasteiger partial charge in [-0.15, -0.1) is 24.8 Å². The maximum atomic E-state index is 12.4. The molecule has 1 aromatic carbocycles. The van der Waals surface area contributed by atoms with Crippen LogP contribution in [0, 0.1) is 0 Å². The number of hydrogen-bond donors (Lipinski definition) is 3. The summed E-state index contributed by atoms with van der Waals surface area (Å²) in [5, 5.41) is 13.5. The maximum Gasteiger partial charge on any atom is 0.237 e. The molecule has 1 aliphatic heterocycles. The summed E-state index contributed by atoms with van der Waals surface area (Å²) < 4.78 is 0. The largest absolute Gasteiger partial charge is 0.390 e. The predicted octanol–water partition coefficient (Wildman–Crippen LogP) is 2.37. The third-order valence-electron chi connectivity index (χ3n) is 4.39. The van der Waals surface area contributed by atoms with Crippen LogP contribution in [0.5, 0.6) is 0 Å². The molecule has 166 valence electrons. The number of aliphatic hydroxyl groups is 1. The van der Waals surface area contributed by atoms with Crippen LogP contribution < -0.4 is 11.1 Å². The van der Waals surface area contributed by atoms with Crippen molar-refractivity contribution in [3.05, 3.63) is 35.9 Å². The number of benzene rings is 1. The normalized spacial score (nSPS) is 18.4. The summed E-state index contributed by atoms with van der Waals surface area (Å²) in [5.41, 5.74) is 7.05. The molecule has 3 atom stereocenters. The Hall–Kier alpha value is -0.150. The third kappa shape index (κ3) is 10.6. The molecule has 0 unspecified atom stereocenters. The Labute approximate surface area is 195 Å². The fraction of sp³-hybridized carbons (Fsp3) is 0.632. The first-order chi connectivity index (χ1) is 11.3. The number of nitrogens with two attached hydrogens (primary N) is 1. The van der Waals surface area contributed by atoms with Gasteiger partial charge in [0.05, 0.1) is 12.1 Å². The molecule has 28 heavy (non-hydrogen) atoms. The number of β-amino-alcohol motifs (C(OH)–C–C–N with tert-alkyl or cyclic N) is 1. The average Bonchev–Trinajstić information content (AvgIpc) is 2.94. The Morgan fingerprint density at radius 3 is 2.36 bits per heavy atom. The molecule has 0 saturated carbocycles. The molecule has 1 aliphatic rings. The minimum absolute atomic E-state index is 0. The van der Waals surface area contributed by atoms with Crippen molar-refractivity contribution in [3.8, 4) is 0 Å². The van der Waals surface area contributed by atoms with E-state index in [9.17, 15) is 9.90 Å². The summed E-state index contributed by atoms with van der Waals surface area (Å²) in [4.78, 5) is 14.5. The first-order valence-corrected chi connectivity index (χ1v) is 8.80. The van der Waals surface area contributed by atoms with Gasteiger partial charge in [0.25, 0.3) is 0 Å². The van der Waals surface area contributed by atoms with E-state index < -0.39 is 6.10 Å². The van der Waals surface area contributed by atoms with Gasteiger partial charge >= 0.3 is 0 Å². The Bertz CT molecular complexity index is 548. The zero-order valence-corrected chi connectivity index (χ0v) is 20.5. The lowest BCUT2D eigenvalue weighted by Gasteiger charge is -2.30. The van der Waals surface area contributed by atoms with Gasteiger partial charge in [-0.25, -0.2) is 0 Å². The Morgan fingerprint density at radius 2 is 1.82 bits per heavy atom. The molecule has 0 aliphatic carbocycles. The molecule has 1 saturated heterocycles. The number of carbonyl (C=O) groups excluding carboxylic acids is 1. The van der Waals surface area contributed by atoms with Crippen molar-refractivity contribution in [2.24, 2.45) is 5.73 Å². The Balaban J connectivity index is -0.00000156. The van der Waals surface area contributed by atoms with Gasteiger partial charge in [0, 0.05) is 18.1 Å². The zero-order chi connectivity index (χ0) is 17.7. The number of likely N-dealkylation sites (tertiary alicyclic amines) is 1. The molecule has 0 spiro atoms. The number of carbonyl (C=O) groups is 1. The molecule has 5 nitrogen and oxygen atoms in total. The molecule has 2 rings (SSSR count). The van der Waals surface area contributed by atoms with Crippen molar-refractivity contribution in [3.63, 3.8) is 0 Å². The van der Waals surface area contributed by atoms with Gasteiger partial charge < -0.3 is 16.2 Å². The summed E-state index contributed by atoms with van der Waals surface area (Å²) in [6, 6.07) is 9.45. The maximum absolute atomic E-state index is 12.4. The van der Waals surface area contributed by atoms with E-state index in [-0.39, 0.29) is 75.3 Å². The van der Waals surface area contributed by atoms with E-state index in [2.05, 4.69) is 10.2 Å². The van der Waals surface area contributed by atoms with Crippen LogP contribution in [0.4, 0.5) is 0 Å². The highest BCUT2D eigenvalue weighted by Gasteiger charge is 2.34. The zero-order valence-electron chi connectivity index (χ0n) is 16.9. The van der Waals surface area contributed by atoms with Crippen molar-refractivity contribution in [1.29, 1.82) is 0 Å². The summed E-state index contributed by atoms with van der Waals surface area (Å²) >= 11 is 0. The summed E-state index contributed by atoms with van der Waals surface area (Å²) in [7, 11) is 0. The number of amides is 1. The van der Waals surface area contributed by atoms with E-state index in [0.717, 1.165) is 24.9 Å². The van der Waals surface area contributed by atoms with Gasteiger partial charge in [-0.1, -0.05) is 30.3 Å². The van der Waals surface area contributed by atoms with Gasteiger partial charge in [0.1, 0.15) is 0 Å². The molecular weight excluding hydrogens is 437 g/mol. The average molecular weight is 475 g/mol. The van der Waals surface area contributed by atoms with Gasteiger partial charge in [-0.3, -0.25) is 9.69 Å². The molecule has 1 amide bonds. The van der Waals surface area contributed by atoms with E-state index >= 15 is 0 Å². The minimum atomic E-state index is -0.645. The molecule has 4 N–H and O–H groups in total. The number of halogens is 2. The topological polar surface area (TPSA) is 78.6 Å². The molecule has 0 aromatic heterocycles. The number of aliphatic hydroxyl groups excluding tert-OH is 1. The molecular formula is C19H37Cl2N3O2S2. The van der Waals surface area contributed by atoms with E-state index in [1.807, 2.05) is 51.1 Å². The molecule has 0 radical (unpaired) electrons. The monoisotopic (exact) mass is 473 g/mol. The lowest BCUT2D eigenvalue weighted by atomic mass is 10.0. The molecule has 1 fully saturated rings. The van der Waals surface area contributed by atoms with Crippen molar-refractivity contribution in [1.82, 2.24) is 10.2 Å². The van der Waals surface area contributed by atoms with Crippen molar-refractivity contribution in [2.45, 2.75) is 63.8 Å². The van der Waals surface area contributed by atoms with Crippen molar-refractivity contribution in [2.75, 3.05) is 13.1 Å². The summed E-state index contributed by atoms with van der Waals surface area (Å²) in [6.45, 7) is 7.21. The first kappa shape index (κ1) is 32.5. The number of nitrogens with one attached hydrogen (secondary N) is 1. The van der Waals surface area contributed by atoms with Crippen LogP contribution in [0.3, 0.4) is 0 Å². The molecule has 1 aromatic rings. The number of nitrogens with zero attached hydrogens (tertiary/aromatic N) is 1. The third-order valence-corrected chi connectivity index (χ3v) is 4.39. The van der Waals surface area contributed by atoms with Gasteiger partial charge in [-0.2, -0.15) is 27.0 Å². The van der Waals surface area contributed by atoms with Gasteiger partial charge in [0.2, 0.25) is 5.91 Å². The van der Waals surface area contributed by atoms with Crippen LogP contribution in [-0.4, -0.2) is 52.7 Å². The van der Waals surface area contributed by atoms with Crippen LogP contribution >= 0.6 is 51.8 Å². The van der Waals surface area contributed by atoms with E-state index in [1.165, 1.54) is 0 Å². The first-order valence-electron chi connectivity index (χ1n) is 8.80. The number of hydrogen-bond acceptors (Lipinski definition) is 4. The SMILES string of the molecule is CC(C)(C)NC(=O)[C@@H]1CCCN1C[C@H](O)[C@H](N)Cc1ccccc1.Cl.Cl.S.S. The van der Waals surface area contributed by atoms with Gasteiger partial charge in [-0.05, 0) is 52.1 Å². The Morgan fingerprint density at radius 1 is 1.25 bits per heavy atom. The second-order valence-corrected chi connectivity index (χ2v) is 7.81. The fourth-order valence-corrected chi connectivity index (χ4v) is 3.19. The van der Waals surface area contributed by atoms with E-state index in [4.69, 9.17) is 5.73 Å². The lowest BCUT2D eigenvalue weighted by molar-refractivity contribution is -0.127. The van der Waals surface area contributed by atoms with Crippen LogP contribution in [0.2, 0.25) is 0 Å². The minimum Gasteiger partial charge on any atom is -0.390 e. The second-order valence-electron chi connectivity index (χ2n) is 7.81. The molecule has 1 heterocycles. The summed E-state index contributed by atoms with van der Waals surface area (Å²) in [5.74, 6) is 0.0452. The highest BCUT2D eigenvalue weighted by molar-refractivity contribution is 7.59. The highest BCUT2D eigenvalue weighted by Crippen LogP contribution is 2.19. The Kier molecular flexibility index (Phi) is 17.2. The van der Waals surface area contributed by atoms with Crippen molar-refractivity contribution < 1.29 is 9.90 Å². The highest BCUT2D eigenvalue weighted by atomic mass is 35.5. The van der Waals surface area contributed by atoms with E-state index in [0.29, 0.717) is 13.0 Å². The fourth-order valence-electron chi connectivity index (χ4n) is 3.19. The van der Waals surface area contributed by atoms with Crippen LogP contribution in [0.1, 0.15) is 39.2 Å². The van der Waals surface area contributed by atoms with Gasteiger partial charge in [0.15, 0.2) is 0 Å². The molecule has 9 heteroatoms. The molecule has 0 bridgehead atoms. The van der Waals surface area contributed by atoms with Crippen molar-refractivity contribution >= 4 is 57.7 Å². The second kappa shape index (κ2) is 14.8. The van der Waals surface area contributed by atoms with Crippen LogP contribution in [-0.2, 0) is 11.2 Å². The summed E-state index contributed by atoms with van der Waals surface area (Å²) in [6.07, 6.45) is 1.80. The van der Waals surface area contributed by atoms with Crippen LogP contribution in [0.15, 0.2) is 30.3 Å².